The summed E-state index contributed by atoms with van der Waals surface area (Å²) in [6.07, 6.45) is 0. The number of anilines is 3. The summed E-state index contributed by atoms with van der Waals surface area (Å²) < 4.78 is 14.1. The molecule has 0 aliphatic carbocycles. The van der Waals surface area contributed by atoms with E-state index in [1.54, 1.807) is 25.1 Å². The van der Waals surface area contributed by atoms with Gasteiger partial charge in [0.05, 0.1) is 5.69 Å². The van der Waals surface area contributed by atoms with Gasteiger partial charge in [0.2, 0.25) is 5.91 Å². The summed E-state index contributed by atoms with van der Waals surface area (Å²) in [4.78, 5) is 24.9. The van der Waals surface area contributed by atoms with Gasteiger partial charge in [-0.05, 0) is 12.1 Å². The lowest BCUT2D eigenvalue weighted by molar-refractivity contribution is -0.129. The Morgan fingerprint density at radius 3 is 2.34 bits per heavy atom. The Hall–Kier alpha value is -3.48. The van der Waals surface area contributed by atoms with Crippen LogP contribution in [0.3, 0.4) is 0 Å². The molecule has 1 amide bonds. The van der Waals surface area contributed by atoms with E-state index in [0.717, 1.165) is 11.4 Å². The summed E-state index contributed by atoms with van der Waals surface area (Å²) in [6, 6.07) is 18.0. The van der Waals surface area contributed by atoms with E-state index in [9.17, 15) is 9.18 Å². The van der Waals surface area contributed by atoms with Crippen molar-refractivity contribution in [3.63, 3.8) is 0 Å². The monoisotopic (exact) mass is 391 g/mol. The Kier molecular flexibility index (Phi) is 5.37. The number of amides is 1. The smallest absolute Gasteiger partial charge is 0.219 e. The molecule has 29 heavy (non-hydrogen) atoms. The Balaban J connectivity index is 1.67. The van der Waals surface area contributed by atoms with Crippen molar-refractivity contribution in [1.82, 2.24) is 14.9 Å². The maximum Gasteiger partial charge on any atom is 0.219 e. The van der Waals surface area contributed by atoms with Gasteiger partial charge in [-0.3, -0.25) is 4.79 Å². The zero-order valence-corrected chi connectivity index (χ0v) is 16.2. The van der Waals surface area contributed by atoms with Crippen LogP contribution in [0.1, 0.15) is 6.92 Å². The molecule has 0 radical (unpaired) electrons. The third-order valence-corrected chi connectivity index (χ3v) is 4.93. The number of nitrogens with zero attached hydrogens (tertiary/aromatic N) is 4. The molecule has 1 saturated heterocycles. The highest BCUT2D eigenvalue weighted by Gasteiger charge is 2.21. The number of hydrogen-bond donors (Lipinski definition) is 1. The van der Waals surface area contributed by atoms with Crippen molar-refractivity contribution >= 4 is 23.2 Å². The molecular weight excluding hydrogens is 369 g/mol. The van der Waals surface area contributed by atoms with Gasteiger partial charge in [-0.1, -0.05) is 42.5 Å². The second kappa shape index (κ2) is 8.26. The van der Waals surface area contributed by atoms with Crippen LogP contribution < -0.4 is 10.2 Å². The number of nitrogens with one attached hydrogen (secondary N) is 1. The number of carbonyl (C=O) groups excluding carboxylic acids is 1. The molecule has 2 heterocycles. The van der Waals surface area contributed by atoms with Crippen LogP contribution in [0.5, 0.6) is 0 Å². The minimum absolute atomic E-state index is 0.0826. The minimum Gasteiger partial charge on any atom is -0.353 e. The lowest BCUT2D eigenvalue weighted by Crippen LogP contribution is -2.48. The number of halogens is 1. The Morgan fingerprint density at radius 1 is 0.966 bits per heavy atom. The molecule has 0 atom stereocenters. The van der Waals surface area contributed by atoms with E-state index in [1.165, 1.54) is 6.07 Å². The summed E-state index contributed by atoms with van der Waals surface area (Å²) >= 11 is 0. The molecule has 148 valence electrons. The summed E-state index contributed by atoms with van der Waals surface area (Å²) in [5.74, 6) is 1.58. The quantitative estimate of drug-likeness (QED) is 0.735. The van der Waals surface area contributed by atoms with Gasteiger partial charge in [0, 0.05) is 44.7 Å². The van der Waals surface area contributed by atoms with Crippen LogP contribution in [-0.2, 0) is 4.79 Å². The van der Waals surface area contributed by atoms with E-state index in [1.807, 2.05) is 41.3 Å². The van der Waals surface area contributed by atoms with E-state index in [2.05, 4.69) is 15.2 Å². The number of benzene rings is 2. The number of para-hydroxylation sites is 1. The van der Waals surface area contributed by atoms with Crippen LogP contribution in [0.25, 0.3) is 11.4 Å². The van der Waals surface area contributed by atoms with E-state index in [0.29, 0.717) is 43.5 Å². The highest BCUT2D eigenvalue weighted by Crippen LogP contribution is 2.26. The maximum atomic E-state index is 14.1. The van der Waals surface area contributed by atoms with Gasteiger partial charge >= 0.3 is 0 Å². The number of hydrogen-bond acceptors (Lipinski definition) is 5. The highest BCUT2D eigenvalue weighted by molar-refractivity contribution is 5.73. The molecule has 0 unspecified atom stereocenters. The molecule has 1 aromatic heterocycles. The molecule has 1 fully saturated rings. The van der Waals surface area contributed by atoms with Crippen LogP contribution in [0, 0.1) is 5.82 Å². The predicted molar refractivity (Wildman–Crippen MR) is 112 cm³/mol. The topological polar surface area (TPSA) is 61.4 Å². The van der Waals surface area contributed by atoms with Crippen LogP contribution >= 0.6 is 0 Å². The summed E-state index contributed by atoms with van der Waals surface area (Å²) in [5.41, 5.74) is 1.24. The molecule has 1 aliphatic rings. The molecule has 3 aromatic rings. The highest BCUT2D eigenvalue weighted by atomic mass is 19.1. The fourth-order valence-electron chi connectivity index (χ4n) is 3.33. The first-order chi connectivity index (χ1) is 14.1. The van der Waals surface area contributed by atoms with Crippen molar-refractivity contribution in [3.05, 3.63) is 66.5 Å². The lowest BCUT2D eigenvalue weighted by Gasteiger charge is -2.35. The summed E-state index contributed by atoms with van der Waals surface area (Å²) in [5, 5.41) is 3.07. The second-order valence-electron chi connectivity index (χ2n) is 6.90. The molecule has 2 aromatic carbocycles. The van der Waals surface area contributed by atoms with Crippen molar-refractivity contribution in [1.29, 1.82) is 0 Å². The van der Waals surface area contributed by atoms with Crippen LogP contribution in [-0.4, -0.2) is 47.0 Å². The normalized spacial score (nSPS) is 14.0. The summed E-state index contributed by atoms with van der Waals surface area (Å²) in [6.45, 7) is 4.25. The van der Waals surface area contributed by atoms with E-state index < -0.39 is 0 Å². The third-order valence-electron chi connectivity index (χ3n) is 4.93. The minimum atomic E-state index is -0.344. The maximum absolute atomic E-state index is 14.1. The van der Waals surface area contributed by atoms with E-state index in [4.69, 9.17) is 4.98 Å². The van der Waals surface area contributed by atoms with Gasteiger partial charge in [0.1, 0.15) is 17.5 Å². The van der Waals surface area contributed by atoms with Gasteiger partial charge in [0.25, 0.3) is 0 Å². The number of piperazine rings is 1. The molecular formula is C22H22FN5O. The number of carbonyl (C=O) groups is 1. The predicted octanol–water partition coefficient (Wildman–Crippen LogP) is 3.69. The van der Waals surface area contributed by atoms with Crippen molar-refractivity contribution in [2.75, 3.05) is 36.4 Å². The van der Waals surface area contributed by atoms with Crippen molar-refractivity contribution < 1.29 is 9.18 Å². The zero-order chi connectivity index (χ0) is 20.2. The van der Waals surface area contributed by atoms with Crippen molar-refractivity contribution in [3.8, 4) is 11.4 Å². The van der Waals surface area contributed by atoms with Gasteiger partial charge in [0.15, 0.2) is 5.82 Å². The van der Waals surface area contributed by atoms with Crippen LogP contribution in [0.15, 0.2) is 60.7 Å². The zero-order valence-electron chi connectivity index (χ0n) is 16.2. The van der Waals surface area contributed by atoms with Crippen LogP contribution in [0.4, 0.5) is 21.7 Å². The van der Waals surface area contributed by atoms with Gasteiger partial charge in [-0.15, -0.1) is 0 Å². The fourth-order valence-corrected chi connectivity index (χ4v) is 3.33. The first-order valence-electron chi connectivity index (χ1n) is 9.57. The largest absolute Gasteiger partial charge is 0.353 e. The van der Waals surface area contributed by atoms with E-state index >= 15 is 0 Å². The van der Waals surface area contributed by atoms with Crippen molar-refractivity contribution in [2.45, 2.75) is 6.92 Å². The fraction of sp³-hybridized carbons (Fsp3) is 0.227. The molecule has 0 spiro atoms. The first-order valence-corrected chi connectivity index (χ1v) is 9.57. The summed E-state index contributed by atoms with van der Waals surface area (Å²) in [7, 11) is 0. The van der Waals surface area contributed by atoms with Gasteiger partial charge in [-0.25, -0.2) is 14.4 Å². The molecule has 7 heteroatoms. The van der Waals surface area contributed by atoms with E-state index in [-0.39, 0.29) is 11.7 Å². The molecule has 0 saturated carbocycles. The average molecular weight is 391 g/mol. The Bertz CT molecular complexity index is 1000. The van der Waals surface area contributed by atoms with Gasteiger partial charge < -0.3 is 15.1 Å². The second-order valence-corrected chi connectivity index (χ2v) is 6.90. The molecule has 4 rings (SSSR count). The number of rotatable bonds is 4. The standard InChI is InChI=1S/C22H22FN5O/c1-16(29)27-11-13-28(14-12-27)21-15-20(24-19-10-6-5-9-18(19)23)25-22(26-21)17-7-3-2-4-8-17/h2-10,15H,11-14H2,1H3,(H,24,25,26). The van der Waals surface area contributed by atoms with Gasteiger partial charge in [-0.2, -0.15) is 0 Å². The first kappa shape index (κ1) is 18.9. The lowest BCUT2D eigenvalue weighted by atomic mass is 10.2. The molecule has 1 N–H and O–H groups in total. The Morgan fingerprint density at radius 2 is 1.66 bits per heavy atom. The molecule has 1 aliphatic heterocycles. The average Bonchev–Trinajstić information content (AvgIpc) is 2.76. The van der Waals surface area contributed by atoms with Crippen molar-refractivity contribution in [2.24, 2.45) is 0 Å². The molecule has 0 bridgehead atoms. The van der Waals surface area contributed by atoms with Crippen LogP contribution in [0.2, 0.25) is 0 Å². The Labute approximate surface area is 169 Å². The SMILES string of the molecule is CC(=O)N1CCN(c2cc(Nc3ccccc3F)nc(-c3ccccc3)n2)CC1. The molecule has 6 nitrogen and oxygen atoms in total. The third kappa shape index (κ3) is 4.34. The number of aromatic nitrogens is 2.